The summed E-state index contributed by atoms with van der Waals surface area (Å²) in [7, 11) is 0. The van der Waals surface area contributed by atoms with Gasteiger partial charge in [-0.15, -0.1) is 0 Å². The first-order valence-corrected chi connectivity index (χ1v) is 10.8. The molecule has 1 aliphatic heterocycles. The topological polar surface area (TPSA) is 69.9 Å². The average Bonchev–Trinajstić information content (AvgIpc) is 3.16. The average molecular weight is 470 g/mol. The Labute approximate surface area is 193 Å². The molecule has 1 saturated heterocycles. The van der Waals surface area contributed by atoms with Crippen LogP contribution in [0.15, 0.2) is 36.4 Å². The number of carbonyl (C=O) groups is 2. The third-order valence-electron chi connectivity index (χ3n) is 4.89. The van der Waals surface area contributed by atoms with Crippen molar-refractivity contribution in [2.75, 3.05) is 15.1 Å². The van der Waals surface area contributed by atoms with Gasteiger partial charge in [-0.1, -0.05) is 29.0 Å². The van der Waals surface area contributed by atoms with Gasteiger partial charge in [0.25, 0.3) is 5.91 Å². The van der Waals surface area contributed by atoms with E-state index in [9.17, 15) is 9.59 Å². The molecule has 7 nitrogen and oxygen atoms in total. The summed E-state index contributed by atoms with van der Waals surface area (Å²) in [6, 6.07) is 10.4. The number of hydrogen-bond donors (Lipinski definition) is 1. The maximum absolute atomic E-state index is 13.3. The monoisotopic (exact) mass is 469 g/mol. The van der Waals surface area contributed by atoms with E-state index in [1.54, 1.807) is 36.9 Å². The van der Waals surface area contributed by atoms with E-state index in [1.807, 2.05) is 18.2 Å². The molecule has 0 aliphatic carbocycles. The lowest BCUT2D eigenvalue weighted by Gasteiger charge is -2.29. The third-order valence-corrected chi connectivity index (χ3v) is 6.51. The van der Waals surface area contributed by atoms with Crippen molar-refractivity contribution in [3.63, 3.8) is 0 Å². The number of halogens is 1. The zero-order chi connectivity index (χ0) is 22.5. The highest BCUT2D eigenvalue weighted by molar-refractivity contribution is 7.81. The Hall–Kier alpha value is -3.06. The molecule has 4 rings (SSSR count). The number of fused-ring (bicyclic) bond motifs is 1. The van der Waals surface area contributed by atoms with E-state index in [1.165, 1.54) is 23.2 Å². The maximum atomic E-state index is 13.3. The molecule has 0 saturated carbocycles. The maximum Gasteiger partial charge on any atom is 0.259 e. The molecule has 3 aromatic rings. The van der Waals surface area contributed by atoms with E-state index in [-0.39, 0.29) is 16.8 Å². The Morgan fingerprint density at radius 2 is 1.97 bits per heavy atom. The number of rotatable bonds is 3. The van der Waals surface area contributed by atoms with E-state index in [4.69, 9.17) is 30.4 Å². The van der Waals surface area contributed by atoms with Crippen molar-refractivity contribution in [3.05, 3.63) is 52.8 Å². The highest BCUT2D eigenvalue weighted by Crippen LogP contribution is 2.40. The van der Waals surface area contributed by atoms with Gasteiger partial charge < -0.3 is 10.2 Å². The number of benzene rings is 2. The van der Waals surface area contributed by atoms with Crippen LogP contribution in [0.5, 0.6) is 0 Å². The Balaban J connectivity index is 1.75. The lowest BCUT2D eigenvalue weighted by atomic mass is 10.0. The SMILES string of the molecule is [C-]#[N+]c1ccc(N2C(=O)C(C)(C)N(c3ccc4sc(NC(C)=O)nc4c3)C2=S)cc1Cl. The van der Waals surface area contributed by atoms with Crippen LogP contribution in [0.1, 0.15) is 20.8 Å². The summed E-state index contributed by atoms with van der Waals surface area (Å²) in [6.45, 7) is 12.2. The van der Waals surface area contributed by atoms with Crippen LogP contribution in [-0.2, 0) is 9.59 Å². The molecule has 1 aromatic heterocycles. The minimum atomic E-state index is -0.952. The number of hydrogen-bond acceptors (Lipinski definition) is 5. The van der Waals surface area contributed by atoms with Crippen LogP contribution in [0, 0.1) is 6.57 Å². The number of carbonyl (C=O) groups excluding carboxylic acids is 2. The second kappa shape index (κ2) is 7.57. The van der Waals surface area contributed by atoms with Crippen LogP contribution in [0.3, 0.4) is 0 Å². The first kappa shape index (κ1) is 21.2. The van der Waals surface area contributed by atoms with Gasteiger partial charge in [0.2, 0.25) is 11.6 Å². The molecule has 2 amide bonds. The fourth-order valence-corrected chi connectivity index (χ4v) is 5.07. The molecule has 0 unspecified atom stereocenters. The smallest absolute Gasteiger partial charge is 0.259 e. The van der Waals surface area contributed by atoms with Gasteiger partial charge in [-0.25, -0.2) is 9.83 Å². The number of amides is 2. The molecule has 10 heteroatoms. The summed E-state index contributed by atoms with van der Waals surface area (Å²) in [5, 5.41) is 3.76. The number of aromatic nitrogens is 1. The normalized spacial score (nSPS) is 15.5. The molecule has 0 spiro atoms. The summed E-state index contributed by atoms with van der Waals surface area (Å²) >= 11 is 13.2. The second-order valence-corrected chi connectivity index (χ2v) is 9.22. The predicted molar refractivity (Wildman–Crippen MR) is 128 cm³/mol. The Kier molecular flexibility index (Phi) is 5.17. The summed E-state index contributed by atoms with van der Waals surface area (Å²) in [6.07, 6.45) is 0. The minimum absolute atomic E-state index is 0.190. The van der Waals surface area contributed by atoms with Crippen LogP contribution in [0.4, 0.5) is 22.2 Å². The van der Waals surface area contributed by atoms with Crippen LogP contribution < -0.4 is 15.1 Å². The van der Waals surface area contributed by atoms with E-state index >= 15 is 0 Å². The summed E-state index contributed by atoms with van der Waals surface area (Å²) in [4.78, 5) is 35.7. The molecule has 0 atom stereocenters. The summed E-state index contributed by atoms with van der Waals surface area (Å²) in [5.74, 6) is -0.397. The van der Waals surface area contributed by atoms with Crippen LogP contribution >= 0.6 is 35.2 Å². The Morgan fingerprint density at radius 1 is 1.26 bits per heavy atom. The van der Waals surface area contributed by atoms with Crippen molar-refractivity contribution in [2.45, 2.75) is 26.3 Å². The first-order chi connectivity index (χ1) is 14.6. The Bertz CT molecular complexity index is 1310. The molecular formula is C21H16ClN5O2S2. The standard InChI is InChI=1S/C21H16ClN5O2S2/c1-11(28)24-19-25-16-10-13(6-8-17(16)31-19)27-20(30)26(18(29)21(27,2)3)12-5-7-15(23-4)14(22)9-12/h5-10H,1-3H3,(H,24,25,28). The van der Waals surface area contributed by atoms with E-state index in [2.05, 4.69) is 15.1 Å². The number of anilines is 3. The van der Waals surface area contributed by atoms with Gasteiger partial charge in [-0.3, -0.25) is 14.5 Å². The van der Waals surface area contributed by atoms with Gasteiger partial charge in [-0.2, -0.15) is 0 Å². The zero-order valence-corrected chi connectivity index (χ0v) is 19.2. The molecule has 2 heterocycles. The molecule has 0 radical (unpaired) electrons. The van der Waals surface area contributed by atoms with Gasteiger partial charge in [0, 0.05) is 17.6 Å². The van der Waals surface area contributed by atoms with Crippen molar-refractivity contribution in [3.8, 4) is 0 Å². The van der Waals surface area contributed by atoms with Gasteiger partial charge in [0.1, 0.15) is 5.54 Å². The molecule has 2 aromatic carbocycles. The second-order valence-electron chi connectivity index (χ2n) is 7.42. The molecule has 156 valence electrons. The van der Waals surface area contributed by atoms with Crippen molar-refractivity contribution in [1.29, 1.82) is 0 Å². The molecular weight excluding hydrogens is 454 g/mol. The van der Waals surface area contributed by atoms with Crippen LogP contribution in [0.2, 0.25) is 5.02 Å². The molecule has 1 N–H and O–H groups in total. The number of nitrogens with zero attached hydrogens (tertiary/aromatic N) is 4. The molecule has 31 heavy (non-hydrogen) atoms. The van der Waals surface area contributed by atoms with Crippen LogP contribution in [-0.4, -0.2) is 27.4 Å². The van der Waals surface area contributed by atoms with E-state index in [0.29, 0.717) is 32.8 Å². The molecule has 1 aliphatic rings. The summed E-state index contributed by atoms with van der Waals surface area (Å²) < 4.78 is 0.903. The summed E-state index contributed by atoms with van der Waals surface area (Å²) in [5.41, 5.74) is 1.27. The first-order valence-electron chi connectivity index (χ1n) is 9.17. The Morgan fingerprint density at radius 3 is 2.61 bits per heavy atom. The largest absolute Gasteiger partial charge is 0.303 e. The highest BCUT2D eigenvalue weighted by Gasteiger charge is 2.50. The molecule has 1 fully saturated rings. The van der Waals surface area contributed by atoms with E-state index < -0.39 is 5.54 Å². The number of thiazole rings is 1. The number of thiocarbonyl (C=S) groups is 1. The van der Waals surface area contributed by atoms with Crippen molar-refractivity contribution in [1.82, 2.24) is 4.98 Å². The number of nitrogens with one attached hydrogen (secondary N) is 1. The van der Waals surface area contributed by atoms with Crippen LogP contribution in [0.25, 0.3) is 15.1 Å². The quantitative estimate of drug-likeness (QED) is 0.412. The fraction of sp³-hybridized carbons (Fsp3) is 0.190. The predicted octanol–water partition coefficient (Wildman–Crippen LogP) is 5.38. The lowest BCUT2D eigenvalue weighted by molar-refractivity contribution is -0.120. The van der Waals surface area contributed by atoms with E-state index in [0.717, 1.165) is 4.70 Å². The van der Waals surface area contributed by atoms with Crippen molar-refractivity contribution < 1.29 is 9.59 Å². The van der Waals surface area contributed by atoms with Gasteiger partial charge in [0.05, 0.1) is 22.5 Å². The highest BCUT2D eigenvalue weighted by atomic mass is 35.5. The lowest BCUT2D eigenvalue weighted by Crippen LogP contribution is -2.44. The van der Waals surface area contributed by atoms with Gasteiger partial charge in [0.15, 0.2) is 10.2 Å². The third kappa shape index (κ3) is 3.53. The van der Waals surface area contributed by atoms with Gasteiger partial charge in [-0.05, 0) is 56.4 Å². The fourth-order valence-electron chi connectivity index (χ4n) is 3.44. The van der Waals surface area contributed by atoms with Gasteiger partial charge >= 0.3 is 0 Å². The molecule has 0 bridgehead atoms. The zero-order valence-electron chi connectivity index (χ0n) is 16.8. The minimum Gasteiger partial charge on any atom is -0.303 e. The van der Waals surface area contributed by atoms with Crippen molar-refractivity contribution in [2.24, 2.45) is 0 Å². The van der Waals surface area contributed by atoms with Crippen molar-refractivity contribution >= 4 is 84.5 Å².